The molecule has 1 saturated heterocycles. The van der Waals surface area contributed by atoms with E-state index in [1.807, 2.05) is 18.6 Å². The second-order valence-electron chi connectivity index (χ2n) is 5.18. The summed E-state index contributed by atoms with van der Waals surface area (Å²) in [6.45, 7) is 5.35. The van der Waals surface area contributed by atoms with Gasteiger partial charge >= 0.3 is 0 Å². The maximum absolute atomic E-state index is 5.42. The van der Waals surface area contributed by atoms with E-state index in [0.29, 0.717) is 0 Å². The molecule has 21 heavy (non-hydrogen) atoms. The second-order valence-corrected chi connectivity index (χ2v) is 6.09. The summed E-state index contributed by atoms with van der Waals surface area (Å²) < 4.78 is 7.54. The van der Waals surface area contributed by atoms with Crippen LogP contribution in [0.4, 0.5) is 5.82 Å². The van der Waals surface area contributed by atoms with Gasteiger partial charge in [-0.1, -0.05) is 0 Å². The Morgan fingerprint density at radius 2 is 2.10 bits per heavy atom. The number of nitrogens with zero attached hydrogens (tertiary/aromatic N) is 4. The number of hydrogen-bond acceptors (Lipinski definition) is 5. The lowest BCUT2D eigenvalue weighted by Crippen LogP contribution is -2.37. The summed E-state index contributed by atoms with van der Waals surface area (Å²) in [5.74, 6) is 0.945. The SMILES string of the molecule is Cc1csc(-c2cnc(N3CCOCC3)c3nccn23)c1. The third-order valence-electron chi connectivity index (χ3n) is 3.70. The summed E-state index contributed by atoms with van der Waals surface area (Å²) >= 11 is 1.74. The van der Waals surface area contributed by atoms with Crippen molar-refractivity contribution < 1.29 is 4.74 Å². The molecule has 0 radical (unpaired) electrons. The van der Waals surface area contributed by atoms with Crippen molar-refractivity contribution in [2.45, 2.75) is 6.92 Å². The van der Waals surface area contributed by atoms with Crippen molar-refractivity contribution in [3.8, 4) is 10.6 Å². The lowest BCUT2D eigenvalue weighted by Gasteiger charge is -2.28. The van der Waals surface area contributed by atoms with Crippen LogP contribution in [-0.2, 0) is 4.74 Å². The van der Waals surface area contributed by atoms with Gasteiger partial charge in [-0.25, -0.2) is 9.97 Å². The van der Waals surface area contributed by atoms with Gasteiger partial charge in [-0.05, 0) is 23.9 Å². The minimum atomic E-state index is 0.750. The van der Waals surface area contributed by atoms with Gasteiger partial charge in [0.05, 0.1) is 30.0 Å². The summed E-state index contributed by atoms with van der Waals surface area (Å²) in [5, 5.41) is 2.16. The predicted octanol–water partition coefficient (Wildman–Crippen LogP) is 2.60. The van der Waals surface area contributed by atoms with E-state index in [9.17, 15) is 0 Å². The van der Waals surface area contributed by atoms with Crippen LogP contribution in [0.3, 0.4) is 0 Å². The van der Waals surface area contributed by atoms with E-state index in [2.05, 4.69) is 37.6 Å². The maximum Gasteiger partial charge on any atom is 0.180 e. The van der Waals surface area contributed by atoms with Crippen molar-refractivity contribution >= 4 is 22.8 Å². The van der Waals surface area contributed by atoms with E-state index >= 15 is 0 Å². The standard InChI is InChI=1S/C15H16N4OS/c1-11-8-13(21-10-11)12-9-17-14(15-16-2-3-19(12)15)18-4-6-20-7-5-18/h2-3,8-10H,4-7H2,1H3. The van der Waals surface area contributed by atoms with Crippen LogP contribution in [-0.4, -0.2) is 40.7 Å². The Labute approximate surface area is 126 Å². The number of aromatic nitrogens is 3. The fraction of sp³-hybridized carbons (Fsp3) is 0.333. The Kier molecular flexibility index (Phi) is 3.12. The van der Waals surface area contributed by atoms with E-state index in [1.54, 1.807) is 11.3 Å². The molecule has 0 N–H and O–H groups in total. The highest BCUT2D eigenvalue weighted by molar-refractivity contribution is 7.13. The molecule has 0 amide bonds. The molecule has 0 aromatic carbocycles. The van der Waals surface area contributed by atoms with Crippen LogP contribution in [0.2, 0.25) is 0 Å². The lowest BCUT2D eigenvalue weighted by molar-refractivity contribution is 0.122. The van der Waals surface area contributed by atoms with Crippen LogP contribution in [0.15, 0.2) is 30.0 Å². The third-order valence-corrected chi connectivity index (χ3v) is 4.77. The number of ether oxygens (including phenoxy) is 1. The first-order valence-corrected chi connectivity index (χ1v) is 7.91. The summed E-state index contributed by atoms with van der Waals surface area (Å²) in [6.07, 6.45) is 5.79. The van der Waals surface area contributed by atoms with Gasteiger partial charge < -0.3 is 9.64 Å². The first-order chi connectivity index (χ1) is 10.3. The minimum Gasteiger partial charge on any atom is -0.378 e. The molecule has 3 aromatic heterocycles. The minimum absolute atomic E-state index is 0.750. The van der Waals surface area contributed by atoms with Crippen LogP contribution in [0.1, 0.15) is 5.56 Å². The number of rotatable bonds is 2. The van der Waals surface area contributed by atoms with E-state index in [1.165, 1.54) is 10.4 Å². The predicted molar refractivity (Wildman–Crippen MR) is 84.1 cm³/mol. The van der Waals surface area contributed by atoms with Crippen LogP contribution in [0.5, 0.6) is 0 Å². The van der Waals surface area contributed by atoms with Crippen LogP contribution >= 0.6 is 11.3 Å². The molecule has 1 aliphatic rings. The van der Waals surface area contributed by atoms with Gasteiger partial charge in [0.2, 0.25) is 0 Å². The van der Waals surface area contributed by atoms with Gasteiger partial charge in [0.1, 0.15) is 0 Å². The van der Waals surface area contributed by atoms with Gasteiger partial charge in [-0.15, -0.1) is 11.3 Å². The monoisotopic (exact) mass is 300 g/mol. The highest BCUT2D eigenvalue weighted by Gasteiger charge is 2.18. The van der Waals surface area contributed by atoms with E-state index < -0.39 is 0 Å². The molecule has 3 aromatic rings. The molecule has 0 spiro atoms. The summed E-state index contributed by atoms with van der Waals surface area (Å²) in [7, 11) is 0. The van der Waals surface area contributed by atoms with E-state index in [-0.39, 0.29) is 0 Å². The molecule has 0 unspecified atom stereocenters. The van der Waals surface area contributed by atoms with Crippen LogP contribution < -0.4 is 4.90 Å². The number of morpholine rings is 1. The zero-order valence-electron chi connectivity index (χ0n) is 11.8. The van der Waals surface area contributed by atoms with Gasteiger partial charge in [0.25, 0.3) is 0 Å². The van der Waals surface area contributed by atoms with Crippen LogP contribution in [0.25, 0.3) is 16.2 Å². The molecule has 4 heterocycles. The molecular formula is C15H16N4OS. The van der Waals surface area contributed by atoms with E-state index in [0.717, 1.165) is 43.5 Å². The smallest absolute Gasteiger partial charge is 0.180 e. The normalized spacial score (nSPS) is 15.8. The maximum atomic E-state index is 5.42. The van der Waals surface area contributed by atoms with Gasteiger partial charge in [-0.2, -0.15) is 0 Å². The Morgan fingerprint density at radius 1 is 1.24 bits per heavy atom. The molecule has 108 valence electrons. The van der Waals surface area contributed by atoms with Crippen molar-refractivity contribution in [2.75, 3.05) is 31.2 Å². The molecule has 0 bridgehead atoms. The van der Waals surface area contributed by atoms with Crippen molar-refractivity contribution in [1.82, 2.24) is 14.4 Å². The zero-order chi connectivity index (χ0) is 14.2. The van der Waals surface area contributed by atoms with Crippen LogP contribution in [0, 0.1) is 6.92 Å². The zero-order valence-corrected chi connectivity index (χ0v) is 12.6. The second kappa shape index (κ2) is 5.13. The third kappa shape index (κ3) is 2.20. The Morgan fingerprint density at radius 3 is 2.86 bits per heavy atom. The topological polar surface area (TPSA) is 42.7 Å². The number of hydrogen-bond donors (Lipinski definition) is 0. The van der Waals surface area contributed by atoms with Crippen molar-refractivity contribution in [2.24, 2.45) is 0 Å². The Bertz CT molecular complexity index is 773. The number of imidazole rings is 1. The summed E-state index contributed by atoms with van der Waals surface area (Å²) in [4.78, 5) is 12.7. The molecule has 6 heteroatoms. The van der Waals surface area contributed by atoms with Gasteiger partial charge in [0, 0.05) is 25.5 Å². The average molecular weight is 300 g/mol. The summed E-state index contributed by atoms with van der Waals surface area (Å²) in [6, 6.07) is 2.19. The first kappa shape index (κ1) is 12.8. The molecule has 5 nitrogen and oxygen atoms in total. The number of thiophene rings is 1. The molecular weight excluding hydrogens is 284 g/mol. The largest absolute Gasteiger partial charge is 0.378 e. The quantitative estimate of drug-likeness (QED) is 0.729. The molecule has 0 aliphatic carbocycles. The van der Waals surface area contributed by atoms with Crippen molar-refractivity contribution in [3.63, 3.8) is 0 Å². The molecule has 1 aliphatic heterocycles. The summed E-state index contributed by atoms with van der Waals surface area (Å²) in [5.41, 5.74) is 3.29. The van der Waals surface area contributed by atoms with Crippen molar-refractivity contribution in [1.29, 1.82) is 0 Å². The molecule has 4 rings (SSSR count). The lowest BCUT2D eigenvalue weighted by atomic mass is 10.3. The number of fused-ring (bicyclic) bond motifs is 1. The molecule has 0 saturated carbocycles. The molecule has 0 atom stereocenters. The van der Waals surface area contributed by atoms with Gasteiger partial charge in [0.15, 0.2) is 11.5 Å². The Hall–Kier alpha value is -1.92. The van der Waals surface area contributed by atoms with Crippen molar-refractivity contribution in [3.05, 3.63) is 35.6 Å². The highest BCUT2D eigenvalue weighted by atomic mass is 32.1. The fourth-order valence-corrected chi connectivity index (χ4v) is 3.56. The number of aryl methyl sites for hydroxylation is 1. The average Bonchev–Trinajstić information content (AvgIpc) is 3.16. The number of anilines is 1. The van der Waals surface area contributed by atoms with Gasteiger partial charge in [-0.3, -0.25) is 4.40 Å². The first-order valence-electron chi connectivity index (χ1n) is 7.03. The van der Waals surface area contributed by atoms with E-state index in [4.69, 9.17) is 4.74 Å². The highest BCUT2D eigenvalue weighted by Crippen LogP contribution is 2.29. The molecule has 1 fully saturated rings. The Balaban J connectivity index is 1.83. The fourth-order valence-electron chi connectivity index (χ4n) is 2.65.